The number of aliphatic carboxylic acids is 1. The van der Waals surface area contributed by atoms with Gasteiger partial charge in [0, 0.05) is 26.2 Å². The maximum absolute atomic E-state index is 11.3. The van der Waals surface area contributed by atoms with Crippen LogP contribution in [0, 0.1) is 5.92 Å². The molecule has 1 unspecified atom stereocenters. The van der Waals surface area contributed by atoms with Crippen molar-refractivity contribution < 1.29 is 14.6 Å². The quantitative estimate of drug-likeness (QED) is 0.752. The van der Waals surface area contributed by atoms with E-state index < -0.39 is 5.97 Å². The standard InChI is InChI=1S/C19H30N2O3/c1-3-4-7-16(19(22)23)10-11-20-12-14-21(15-13-20)17-8-5-6-9-18(17)24-2/h5-6,8-9,16H,3-4,7,10-15H2,1-2H3,(H,22,23). The molecule has 1 aliphatic rings. The summed E-state index contributed by atoms with van der Waals surface area (Å²) in [4.78, 5) is 16.1. The van der Waals surface area contributed by atoms with E-state index >= 15 is 0 Å². The van der Waals surface area contributed by atoms with E-state index in [4.69, 9.17) is 4.74 Å². The zero-order chi connectivity index (χ0) is 17.4. The Balaban J connectivity index is 1.81. The number of unbranched alkanes of at least 4 members (excludes halogenated alkanes) is 1. The number of carboxylic acid groups (broad SMARTS) is 1. The highest BCUT2D eigenvalue weighted by Gasteiger charge is 2.22. The van der Waals surface area contributed by atoms with Crippen LogP contribution in [0.25, 0.3) is 0 Å². The minimum absolute atomic E-state index is 0.197. The first kappa shape index (κ1) is 18.6. The van der Waals surface area contributed by atoms with E-state index in [2.05, 4.69) is 22.8 Å². The zero-order valence-electron chi connectivity index (χ0n) is 14.9. The summed E-state index contributed by atoms with van der Waals surface area (Å²) >= 11 is 0. The van der Waals surface area contributed by atoms with Gasteiger partial charge in [0.1, 0.15) is 5.75 Å². The van der Waals surface area contributed by atoms with Crippen molar-refractivity contribution in [2.75, 3.05) is 44.7 Å². The number of rotatable bonds is 9. The van der Waals surface area contributed by atoms with Crippen LogP contribution < -0.4 is 9.64 Å². The smallest absolute Gasteiger partial charge is 0.306 e. The van der Waals surface area contributed by atoms with E-state index in [0.717, 1.165) is 69.8 Å². The van der Waals surface area contributed by atoms with Gasteiger partial charge in [0.15, 0.2) is 0 Å². The molecule has 0 amide bonds. The van der Waals surface area contributed by atoms with Crippen molar-refractivity contribution in [3.05, 3.63) is 24.3 Å². The van der Waals surface area contributed by atoms with Gasteiger partial charge in [0.05, 0.1) is 18.7 Å². The number of hydrogen-bond acceptors (Lipinski definition) is 4. The number of hydrogen-bond donors (Lipinski definition) is 1. The van der Waals surface area contributed by atoms with Gasteiger partial charge in [-0.25, -0.2) is 0 Å². The number of para-hydroxylation sites is 2. The predicted octanol–water partition coefficient (Wildman–Crippen LogP) is 3.10. The average molecular weight is 334 g/mol. The van der Waals surface area contributed by atoms with Crippen molar-refractivity contribution in [3.8, 4) is 5.75 Å². The molecule has 1 saturated heterocycles. The zero-order valence-corrected chi connectivity index (χ0v) is 14.9. The van der Waals surface area contributed by atoms with Gasteiger partial charge >= 0.3 is 5.97 Å². The first-order valence-corrected chi connectivity index (χ1v) is 8.98. The van der Waals surface area contributed by atoms with Gasteiger partial charge in [-0.1, -0.05) is 31.9 Å². The summed E-state index contributed by atoms with van der Waals surface area (Å²) in [5.41, 5.74) is 1.14. The summed E-state index contributed by atoms with van der Waals surface area (Å²) in [7, 11) is 1.71. The molecule has 1 fully saturated rings. The number of nitrogens with zero attached hydrogens (tertiary/aromatic N) is 2. The van der Waals surface area contributed by atoms with Crippen molar-refractivity contribution >= 4 is 11.7 Å². The predicted molar refractivity (Wildman–Crippen MR) is 96.9 cm³/mol. The Bertz CT molecular complexity index is 513. The second kappa shape index (κ2) is 9.52. The van der Waals surface area contributed by atoms with Crippen molar-refractivity contribution in [2.24, 2.45) is 5.92 Å². The van der Waals surface area contributed by atoms with Crippen LogP contribution in [0.4, 0.5) is 5.69 Å². The van der Waals surface area contributed by atoms with Crippen molar-refractivity contribution in [1.29, 1.82) is 0 Å². The van der Waals surface area contributed by atoms with Crippen LogP contribution in [0.3, 0.4) is 0 Å². The molecule has 1 heterocycles. The first-order chi connectivity index (χ1) is 11.7. The van der Waals surface area contributed by atoms with Crippen LogP contribution >= 0.6 is 0 Å². The summed E-state index contributed by atoms with van der Waals surface area (Å²) in [5.74, 6) is 0.0739. The molecule has 24 heavy (non-hydrogen) atoms. The molecule has 0 radical (unpaired) electrons. The average Bonchev–Trinajstić information content (AvgIpc) is 2.62. The van der Waals surface area contributed by atoms with Crippen LogP contribution in [0.5, 0.6) is 5.75 Å². The molecule has 5 nitrogen and oxygen atoms in total. The third-order valence-corrected chi connectivity index (χ3v) is 4.85. The summed E-state index contributed by atoms with van der Waals surface area (Å²) in [6.07, 6.45) is 3.61. The minimum atomic E-state index is -0.642. The lowest BCUT2D eigenvalue weighted by Gasteiger charge is -2.37. The summed E-state index contributed by atoms with van der Waals surface area (Å²) in [6, 6.07) is 8.11. The fourth-order valence-corrected chi connectivity index (χ4v) is 3.28. The third kappa shape index (κ3) is 5.13. The molecule has 0 bridgehead atoms. The molecule has 1 atom stereocenters. The van der Waals surface area contributed by atoms with Crippen LogP contribution in [0.1, 0.15) is 32.6 Å². The normalized spacial score (nSPS) is 16.8. The van der Waals surface area contributed by atoms with Crippen molar-refractivity contribution in [1.82, 2.24) is 4.90 Å². The molecule has 1 aliphatic heterocycles. The highest BCUT2D eigenvalue weighted by molar-refractivity contribution is 5.69. The number of anilines is 1. The molecule has 0 aromatic heterocycles. The topological polar surface area (TPSA) is 53.0 Å². The number of benzene rings is 1. The Kier molecular flexibility index (Phi) is 7.37. The number of methoxy groups -OCH3 is 1. The second-order valence-corrected chi connectivity index (χ2v) is 6.47. The molecular weight excluding hydrogens is 304 g/mol. The van der Waals surface area contributed by atoms with Gasteiger partial charge < -0.3 is 14.7 Å². The highest BCUT2D eigenvalue weighted by Crippen LogP contribution is 2.28. The molecular formula is C19H30N2O3. The molecule has 0 saturated carbocycles. The van der Waals surface area contributed by atoms with Gasteiger partial charge in [0.25, 0.3) is 0 Å². The highest BCUT2D eigenvalue weighted by atomic mass is 16.5. The summed E-state index contributed by atoms with van der Waals surface area (Å²) in [6.45, 7) is 6.83. The van der Waals surface area contributed by atoms with Crippen LogP contribution in [-0.4, -0.2) is 55.8 Å². The van der Waals surface area contributed by atoms with Gasteiger partial charge in [-0.05, 0) is 31.5 Å². The van der Waals surface area contributed by atoms with E-state index in [1.807, 2.05) is 18.2 Å². The molecule has 0 spiro atoms. The largest absolute Gasteiger partial charge is 0.495 e. The number of carboxylic acids is 1. The molecule has 1 N–H and O–H groups in total. The van der Waals surface area contributed by atoms with Crippen LogP contribution in [0.2, 0.25) is 0 Å². The Morgan fingerprint density at radius 1 is 1.21 bits per heavy atom. The van der Waals surface area contributed by atoms with Gasteiger partial charge in [-0.2, -0.15) is 0 Å². The molecule has 2 rings (SSSR count). The van der Waals surface area contributed by atoms with E-state index in [9.17, 15) is 9.90 Å². The number of piperazine rings is 1. The van der Waals surface area contributed by atoms with E-state index in [-0.39, 0.29) is 5.92 Å². The van der Waals surface area contributed by atoms with E-state index in [1.54, 1.807) is 7.11 Å². The number of ether oxygens (including phenoxy) is 1. The van der Waals surface area contributed by atoms with E-state index in [0.29, 0.717) is 0 Å². The van der Waals surface area contributed by atoms with Crippen molar-refractivity contribution in [3.63, 3.8) is 0 Å². The molecule has 5 heteroatoms. The maximum Gasteiger partial charge on any atom is 0.306 e. The summed E-state index contributed by atoms with van der Waals surface area (Å²) in [5, 5.41) is 9.34. The Labute approximate surface area is 145 Å². The van der Waals surface area contributed by atoms with Crippen molar-refractivity contribution in [2.45, 2.75) is 32.6 Å². The third-order valence-electron chi connectivity index (χ3n) is 4.85. The first-order valence-electron chi connectivity index (χ1n) is 8.98. The van der Waals surface area contributed by atoms with Gasteiger partial charge in [0.2, 0.25) is 0 Å². The van der Waals surface area contributed by atoms with Crippen LogP contribution in [0.15, 0.2) is 24.3 Å². The summed E-state index contributed by atoms with van der Waals surface area (Å²) < 4.78 is 5.45. The Morgan fingerprint density at radius 2 is 1.92 bits per heavy atom. The SMILES string of the molecule is CCCCC(CCN1CCN(c2ccccc2OC)CC1)C(=O)O. The molecule has 0 aliphatic carbocycles. The lowest BCUT2D eigenvalue weighted by Crippen LogP contribution is -2.47. The van der Waals surface area contributed by atoms with Crippen LogP contribution in [-0.2, 0) is 4.79 Å². The molecule has 1 aromatic carbocycles. The monoisotopic (exact) mass is 334 g/mol. The Hall–Kier alpha value is -1.75. The Morgan fingerprint density at radius 3 is 2.54 bits per heavy atom. The van der Waals surface area contributed by atoms with E-state index in [1.165, 1.54) is 0 Å². The molecule has 1 aromatic rings. The maximum atomic E-state index is 11.3. The fraction of sp³-hybridized carbons (Fsp3) is 0.632. The second-order valence-electron chi connectivity index (χ2n) is 6.47. The van der Waals surface area contributed by atoms with Gasteiger partial charge in [-0.3, -0.25) is 9.69 Å². The lowest BCUT2D eigenvalue weighted by atomic mass is 9.98. The van der Waals surface area contributed by atoms with Gasteiger partial charge in [-0.15, -0.1) is 0 Å². The number of carbonyl (C=O) groups is 1. The molecule has 134 valence electrons. The lowest BCUT2D eigenvalue weighted by molar-refractivity contribution is -0.142. The fourth-order valence-electron chi connectivity index (χ4n) is 3.28. The minimum Gasteiger partial charge on any atom is -0.495 e.